The number of unbranched alkanes of at least 4 members (excludes halogenated alkanes) is 2. The quantitative estimate of drug-likeness (QED) is 0.572. The van der Waals surface area contributed by atoms with E-state index >= 15 is 0 Å². The first-order chi connectivity index (χ1) is 9.63. The molecule has 0 aromatic heterocycles. The minimum Gasteiger partial charge on any atom is -0.494 e. The summed E-state index contributed by atoms with van der Waals surface area (Å²) in [5.74, 6) is 0.883. The highest BCUT2D eigenvalue weighted by Crippen LogP contribution is 2.16. The Hall–Kier alpha value is -1.10. The third-order valence-corrected chi connectivity index (χ3v) is 3.48. The van der Waals surface area contributed by atoms with Crippen molar-refractivity contribution in [1.29, 1.82) is 0 Å². The van der Waals surface area contributed by atoms with Crippen molar-refractivity contribution in [3.8, 4) is 5.75 Å². The van der Waals surface area contributed by atoms with Crippen LogP contribution in [0.5, 0.6) is 5.75 Å². The maximum atomic E-state index is 9.14. The van der Waals surface area contributed by atoms with Crippen LogP contribution in [0.15, 0.2) is 24.3 Å². The number of hydrogen-bond donors (Lipinski definition) is 3. The van der Waals surface area contributed by atoms with E-state index in [1.54, 1.807) is 0 Å². The topological polar surface area (TPSA) is 75.7 Å². The fourth-order valence-corrected chi connectivity index (χ4v) is 1.90. The van der Waals surface area contributed by atoms with E-state index in [2.05, 4.69) is 6.92 Å². The van der Waals surface area contributed by atoms with Crippen molar-refractivity contribution in [3.63, 3.8) is 0 Å². The molecular weight excluding hydrogens is 254 g/mol. The molecule has 1 aromatic rings. The molecule has 0 aliphatic heterocycles. The fraction of sp³-hybridized carbons (Fsp3) is 0.625. The Balaban J connectivity index is 2.38. The molecule has 0 spiro atoms. The van der Waals surface area contributed by atoms with Crippen LogP contribution in [0.25, 0.3) is 0 Å². The van der Waals surface area contributed by atoms with Gasteiger partial charge in [0.25, 0.3) is 0 Å². The number of rotatable bonds is 10. The SMILES string of the molecule is CCCCCOc1ccc(CCC(N)(CO)CO)cc1. The number of nitrogens with two attached hydrogens (primary N) is 1. The van der Waals surface area contributed by atoms with E-state index in [1.807, 2.05) is 24.3 Å². The van der Waals surface area contributed by atoms with E-state index in [1.165, 1.54) is 12.8 Å². The zero-order chi connectivity index (χ0) is 14.8. The maximum absolute atomic E-state index is 9.14. The third-order valence-electron chi connectivity index (χ3n) is 3.48. The van der Waals surface area contributed by atoms with Crippen molar-refractivity contribution < 1.29 is 14.9 Å². The second-order valence-electron chi connectivity index (χ2n) is 5.38. The molecule has 0 aliphatic rings. The standard InChI is InChI=1S/C16H27NO3/c1-2-3-4-11-20-15-7-5-14(6-8-15)9-10-16(17,12-18)13-19/h5-8,18-19H,2-4,9-13,17H2,1H3. The summed E-state index contributed by atoms with van der Waals surface area (Å²) >= 11 is 0. The van der Waals surface area contributed by atoms with E-state index in [0.717, 1.165) is 30.8 Å². The number of aliphatic hydroxyl groups is 2. The summed E-state index contributed by atoms with van der Waals surface area (Å²) in [5, 5.41) is 18.3. The average molecular weight is 281 g/mol. The van der Waals surface area contributed by atoms with Crippen molar-refractivity contribution >= 4 is 0 Å². The fourth-order valence-electron chi connectivity index (χ4n) is 1.90. The van der Waals surface area contributed by atoms with Gasteiger partial charge >= 0.3 is 0 Å². The van der Waals surface area contributed by atoms with Crippen LogP contribution in [0.1, 0.15) is 38.2 Å². The van der Waals surface area contributed by atoms with Crippen LogP contribution in [0.2, 0.25) is 0 Å². The summed E-state index contributed by atoms with van der Waals surface area (Å²) < 4.78 is 5.65. The summed E-state index contributed by atoms with van der Waals surface area (Å²) in [6.07, 6.45) is 4.75. The summed E-state index contributed by atoms with van der Waals surface area (Å²) in [4.78, 5) is 0. The molecule has 0 saturated heterocycles. The van der Waals surface area contributed by atoms with Gasteiger partial charge in [-0.3, -0.25) is 0 Å². The lowest BCUT2D eigenvalue weighted by atomic mass is 9.94. The summed E-state index contributed by atoms with van der Waals surface area (Å²) in [6, 6.07) is 7.92. The molecule has 1 aromatic carbocycles. The van der Waals surface area contributed by atoms with Gasteiger partial charge in [0.2, 0.25) is 0 Å². The number of aryl methyl sites for hydroxylation is 1. The second kappa shape index (κ2) is 8.95. The summed E-state index contributed by atoms with van der Waals surface area (Å²) in [6.45, 7) is 2.52. The first-order valence-electron chi connectivity index (χ1n) is 7.36. The van der Waals surface area contributed by atoms with Crippen LogP contribution in [0, 0.1) is 0 Å². The molecule has 0 aliphatic carbocycles. The Labute approximate surface area is 121 Å². The van der Waals surface area contributed by atoms with Crippen LogP contribution in [0.3, 0.4) is 0 Å². The van der Waals surface area contributed by atoms with Gasteiger partial charge in [-0.05, 0) is 37.0 Å². The van der Waals surface area contributed by atoms with Crippen LogP contribution < -0.4 is 10.5 Å². The largest absolute Gasteiger partial charge is 0.494 e. The zero-order valence-corrected chi connectivity index (χ0v) is 12.3. The molecule has 0 heterocycles. The molecule has 0 atom stereocenters. The van der Waals surface area contributed by atoms with E-state index < -0.39 is 5.54 Å². The molecule has 0 fully saturated rings. The maximum Gasteiger partial charge on any atom is 0.119 e. The first kappa shape index (κ1) is 17.0. The highest BCUT2D eigenvalue weighted by Gasteiger charge is 2.22. The summed E-state index contributed by atoms with van der Waals surface area (Å²) in [5.41, 5.74) is 6.08. The lowest BCUT2D eigenvalue weighted by Crippen LogP contribution is -2.47. The molecule has 1 rings (SSSR count). The van der Waals surface area contributed by atoms with E-state index in [4.69, 9.17) is 20.7 Å². The Morgan fingerprint density at radius 1 is 1.10 bits per heavy atom. The van der Waals surface area contributed by atoms with Crippen LogP contribution in [-0.2, 0) is 6.42 Å². The zero-order valence-electron chi connectivity index (χ0n) is 12.3. The summed E-state index contributed by atoms with van der Waals surface area (Å²) in [7, 11) is 0. The second-order valence-corrected chi connectivity index (χ2v) is 5.38. The van der Waals surface area contributed by atoms with E-state index in [9.17, 15) is 0 Å². The number of benzene rings is 1. The minimum absolute atomic E-state index is 0.206. The van der Waals surface area contributed by atoms with Crippen molar-refractivity contribution in [1.82, 2.24) is 0 Å². The molecule has 0 saturated carbocycles. The Morgan fingerprint density at radius 3 is 2.30 bits per heavy atom. The monoisotopic (exact) mass is 281 g/mol. The number of ether oxygens (including phenoxy) is 1. The van der Waals surface area contributed by atoms with Gasteiger partial charge in [-0.25, -0.2) is 0 Å². The molecule has 0 amide bonds. The molecule has 4 nitrogen and oxygen atoms in total. The van der Waals surface area contributed by atoms with Gasteiger partial charge in [-0.1, -0.05) is 31.9 Å². The molecule has 20 heavy (non-hydrogen) atoms. The highest BCUT2D eigenvalue weighted by atomic mass is 16.5. The predicted octanol–water partition coefficient (Wildman–Crippen LogP) is 1.87. The van der Waals surface area contributed by atoms with Crippen molar-refractivity contribution in [2.24, 2.45) is 5.73 Å². The Morgan fingerprint density at radius 2 is 1.75 bits per heavy atom. The third kappa shape index (κ3) is 5.90. The molecule has 114 valence electrons. The van der Waals surface area contributed by atoms with Crippen molar-refractivity contribution in [3.05, 3.63) is 29.8 Å². The molecule has 0 bridgehead atoms. The van der Waals surface area contributed by atoms with E-state index in [0.29, 0.717) is 6.42 Å². The first-order valence-corrected chi connectivity index (χ1v) is 7.36. The highest BCUT2D eigenvalue weighted by molar-refractivity contribution is 5.27. The molecule has 0 unspecified atom stereocenters. The Bertz CT molecular complexity index is 360. The average Bonchev–Trinajstić information content (AvgIpc) is 2.50. The van der Waals surface area contributed by atoms with Crippen molar-refractivity contribution in [2.45, 2.75) is 44.6 Å². The van der Waals surface area contributed by atoms with Gasteiger partial charge in [0.05, 0.1) is 25.4 Å². The van der Waals surface area contributed by atoms with Gasteiger partial charge in [0.1, 0.15) is 5.75 Å². The Kier molecular flexibility index (Phi) is 7.59. The molecule has 0 radical (unpaired) electrons. The minimum atomic E-state index is -0.894. The normalized spacial score (nSPS) is 11.6. The predicted molar refractivity (Wildman–Crippen MR) is 80.9 cm³/mol. The molecule has 4 heteroatoms. The number of hydrogen-bond acceptors (Lipinski definition) is 4. The van der Waals surface area contributed by atoms with Crippen LogP contribution in [-0.4, -0.2) is 35.6 Å². The van der Waals surface area contributed by atoms with Crippen molar-refractivity contribution in [2.75, 3.05) is 19.8 Å². The van der Waals surface area contributed by atoms with Gasteiger partial charge in [-0.15, -0.1) is 0 Å². The smallest absolute Gasteiger partial charge is 0.119 e. The van der Waals surface area contributed by atoms with Gasteiger partial charge in [0.15, 0.2) is 0 Å². The van der Waals surface area contributed by atoms with Crippen LogP contribution >= 0.6 is 0 Å². The lowest BCUT2D eigenvalue weighted by Gasteiger charge is -2.24. The van der Waals surface area contributed by atoms with Gasteiger partial charge < -0.3 is 20.7 Å². The van der Waals surface area contributed by atoms with Gasteiger partial charge in [0, 0.05) is 0 Å². The number of aliphatic hydroxyl groups excluding tert-OH is 2. The van der Waals surface area contributed by atoms with E-state index in [-0.39, 0.29) is 13.2 Å². The van der Waals surface area contributed by atoms with Crippen LogP contribution in [0.4, 0.5) is 0 Å². The molecular formula is C16H27NO3. The van der Waals surface area contributed by atoms with Gasteiger partial charge in [-0.2, -0.15) is 0 Å². The lowest BCUT2D eigenvalue weighted by molar-refractivity contribution is 0.115. The molecule has 4 N–H and O–H groups in total.